The zero-order valence-corrected chi connectivity index (χ0v) is 13.0. The molecule has 89 valence electrons. The molecule has 7 heteroatoms. The fourth-order valence-corrected chi connectivity index (χ4v) is 1.80. The van der Waals surface area contributed by atoms with Crippen molar-refractivity contribution in [3.05, 3.63) is 0 Å². The molecule has 0 bridgehead atoms. The van der Waals surface area contributed by atoms with Gasteiger partial charge in [-0.25, -0.2) is 0 Å². The first-order chi connectivity index (χ1) is 7.20. The van der Waals surface area contributed by atoms with E-state index in [0.717, 1.165) is 36.3 Å². The highest BCUT2D eigenvalue weighted by atomic mass is 79.9. The number of alkyl halides is 4. The van der Waals surface area contributed by atoms with E-state index in [1.165, 1.54) is 7.69 Å². The fraction of sp³-hybridized carbons (Fsp3) is 1.00. The molecule has 0 aliphatic heterocycles. The van der Waals surface area contributed by atoms with E-state index in [2.05, 4.69) is 31.9 Å². The molecule has 2 unspecified atom stereocenters. The van der Waals surface area contributed by atoms with Crippen LogP contribution in [0.5, 0.6) is 0 Å². The monoisotopic (exact) mass is 381 g/mol. The summed E-state index contributed by atoms with van der Waals surface area (Å²) in [6.07, 6.45) is 3.49. The van der Waals surface area contributed by atoms with Crippen molar-refractivity contribution in [1.29, 1.82) is 0 Å². The van der Waals surface area contributed by atoms with E-state index in [1.54, 1.807) is 0 Å². The minimum absolute atomic E-state index is 0.345. The quantitative estimate of drug-likeness (QED) is 0.419. The summed E-state index contributed by atoms with van der Waals surface area (Å²) in [5, 5.41) is 1.84. The number of halogens is 4. The first-order valence-electron chi connectivity index (χ1n) is 4.73. The highest BCUT2D eigenvalue weighted by Crippen LogP contribution is 2.11. The Balaban J connectivity index is 3.27. The second-order valence-electron chi connectivity index (χ2n) is 2.85. The third-order valence-corrected chi connectivity index (χ3v) is 3.30. The summed E-state index contributed by atoms with van der Waals surface area (Å²) in [5.41, 5.74) is -0.690. The lowest BCUT2D eigenvalue weighted by atomic mass is 10.3. The summed E-state index contributed by atoms with van der Waals surface area (Å²) in [5.74, 6) is 0. The Hall–Kier alpha value is 1.52. The van der Waals surface area contributed by atoms with Crippen LogP contribution >= 0.6 is 55.1 Å². The van der Waals surface area contributed by atoms with Crippen LogP contribution in [0.2, 0.25) is 0 Å². The van der Waals surface area contributed by atoms with Crippen LogP contribution in [-0.4, -0.2) is 29.5 Å². The standard InChI is InChI=1S/C8H14BBr2Cl2O2/c10-5-1-3-7(12)14-9-15-8(13)4-2-6-11/h7-8H,1-6H2. The molecule has 0 amide bonds. The number of hydrogen-bond donors (Lipinski definition) is 0. The van der Waals surface area contributed by atoms with Crippen LogP contribution in [0.3, 0.4) is 0 Å². The van der Waals surface area contributed by atoms with E-state index in [4.69, 9.17) is 32.5 Å². The normalized spacial score (nSPS) is 14.9. The maximum Gasteiger partial charge on any atom is 0.490 e. The van der Waals surface area contributed by atoms with Gasteiger partial charge in [0.2, 0.25) is 0 Å². The van der Waals surface area contributed by atoms with Gasteiger partial charge in [0.1, 0.15) is 11.1 Å². The zero-order chi connectivity index (χ0) is 11.5. The molecule has 0 aliphatic carbocycles. The molecule has 0 spiro atoms. The van der Waals surface area contributed by atoms with Crippen LogP contribution in [0.4, 0.5) is 0 Å². The molecular weight excluding hydrogens is 370 g/mol. The molecule has 0 rings (SSSR count). The molecule has 0 N–H and O–H groups in total. The molecular formula is C8H14BBr2Cl2O2. The lowest BCUT2D eigenvalue weighted by Gasteiger charge is -2.12. The lowest BCUT2D eigenvalue weighted by Crippen LogP contribution is -2.16. The van der Waals surface area contributed by atoms with Crippen LogP contribution in [0.15, 0.2) is 0 Å². The van der Waals surface area contributed by atoms with Gasteiger partial charge in [-0.05, 0) is 25.7 Å². The molecule has 0 aliphatic rings. The molecule has 0 saturated heterocycles. The van der Waals surface area contributed by atoms with Crippen LogP contribution in [0, 0.1) is 0 Å². The molecule has 2 nitrogen and oxygen atoms in total. The zero-order valence-electron chi connectivity index (χ0n) is 8.30. The molecule has 0 saturated carbocycles. The van der Waals surface area contributed by atoms with Gasteiger partial charge in [0, 0.05) is 10.7 Å². The minimum atomic E-state index is -0.345. The maximum absolute atomic E-state index is 5.84. The van der Waals surface area contributed by atoms with Gasteiger partial charge in [-0.15, -0.1) is 0 Å². The Labute approximate surface area is 119 Å². The SMILES string of the molecule is ClC(CCCBr)O[B]OC(Cl)CCCBr. The maximum atomic E-state index is 5.84. The third-order valence-electron chi connectivity index (χ3n) is 1.54. The Morgan fingerprint density at radius 1 is 0.933 bits per heavy atom. The Kier molecular flexibility index (Phi) is 13.2. The van der Waals surface area contributed by atoms with Gasteiger partial charge in [0.05, 0.1) is 0 Å². The van der Waals surface area contributed by atoms with E-state index in [1.807, 2.05) is 0 Å². The Morgan fingerprint density at radius 2 is 1.33 bits per heavy atom. The van der Waals surface area contributed by atoms with Gasteiger partial charge in [0.15, 0.2) is 0 Å². The highest BCUT2D eigenvalue weighted by Gasteiger charge is 2.09. The predicted molar refractivity (Wildman–Crippen MR) is 73.3 cm³/mol. The number of hydrogen-bond acceptors (Lipinski definition) is 2. The fourth-order valence-electron chi connectivity index (χ4n) is 0.764. The van der Waals surface area contributed by atoms with Gasteiger partial charge in [-0.2, -0.15) is 0 Å². The molecule has 0 aromatic carbocycles. The van der Waals surface area contributed by atoms with E-state index in [-0.39, 0.29) is 11.1 Å². The van der Waals surface area contributed by atoms with E-state index < -0.39 is 0 Å². The van der Waals surface area contributed by atoms with Crippen molar-refractivity contribution in [1.82, 2.24) is 0 Å². The summed E-state index contributed by atoms with van der Waals surface area (Å²) in [4.78, 5) is 0. The smallest absolute Gasteiger partial charge is 0.397 e. The molecule has 2 atom stereocenters. The van der Waals surface area contributed by atoms with Gasteiger partial charge in [-0.3, -0.25) is 0 Å². The van der Waals surface area contributed by atoms with Gasteiger partial charge in [0.25, 0.3) is 0 Å². The van der Waals surface area contributed by atoms with E-state index >= 15 is 0 Å². The van der Waals surface area contributed by atoms with Crippen molar-refractivity contribution < 1.29 is 9.31 Å². The van der Waals surface area contributed by atoms with Crippen molar-refractivity contribution in [2.24, 2.45) is 0 Å². The molecule has 15 heavy (non-hydrogen) atoms. The average Bonchev–Trinajstić information content (AvgIpc) is 2.23. The largest absolute Gasteiger partial charge is 0.490 e. The predicted octanol–water partition coefficient (Wildman–Crippen LogP) is 4.03. The van der Waals surface area contributed by atoms with Crippen LogP contribution in [-0.2, 0) is 9.31 Å². The molecule has 0 aromatic rings. The topological polar surface area (TPSA) is 18.5 Å². The summed E-state index contributed by atoms with van der Waals surface area (Å²) >= 11 is 18.3. The van der Waals surface area contributed by atoms with Crippen molar-refractivity contribution in [3.8, 4) is 0 Å². The lowest BCUT2D eigenvalue weighted by molar-refractivity contribution is 0.179. The second kappa shape index (κ2) is 12.0. The van der Waals surface area contributed by atoms with Crippen LogP contribution < -0.4 is 0 Å². The molecule has 1 radical (unpaired) electrons. The minimum Gasteiger partial charge on any atom is -0.397 e. The Morgan fingerprint density at radius 3 is 1.67 bits per heavy atom. The van der Waals surface area contributed by atoms with E-state index in [0.29, 0.717) is 0 Å². The van der Waals surface area contributed by atoms with Gasteiger partial charge in [-0.1, -0.05) is 55.1 Å². The third kappa shape index (κ3) is 11.8. The van der Waals surface area contributed by atoms with Crippen molar-refractivity contribution >= 4 is 62.7 Å². The van der Waals surface area contributed by atoms with E-state index in [9.17, 15) is 0 Å². The van der Waals surface area contributed by atoms with Crippen molar-refractivity contribution in [2.75, 3.05) is 10.7 Å². The highest BCUT2D eigenvalue weighted by molar-refractivity contribution is 9.09. The average molecular weight is 384 g/mol. The van der Waals surface area contributed by atoms with Gasteiger partial charge >= 0.3 is 7.69 Å². The number of rotatable bonds is 10. The molecule has 0 heterocycles. The summed E-state index contributed by atoms with van der Waals surface area (Å²) in [7, 11) is 1.23. The van der Waals surface area contributed by atoms with Gasteiger partial charge < -0.3 is 9.31 Å². The Bertz CT molecular complexity index is 132. The van der Waals surface area contributed by atoms with Crippen LogP contribution in [0.1, 0.15) is 25.7 Å². The van der Waals surface area contributed by atoms with Crippen LogP contribution in [0.25, 0.3) is 0 Å². The summed E-state index contributed by atoms with van der Waals surface area (Å²) in [6, 6.07) is 0. The summed E-state index contributed by atoms with van der Waals surface area (Å²) < 4.78 is 10.2. The first kappa shape index (κ1) is 16.5. The molecule has 0 aromatic heterocycles. The molecule has 0 fully saturated rings. The van der Waals surface area contributed by atoms with Crippen molar-refractivity contribution in [3.63, 3.8) is 0 Å². The first-order valence-corrected chi connectivity index (χ1v) is 7.85. The summed E-state index contributed by atoms with van der Waals surface area (Å²) in [6.45, 7) is 0. The second-order valence-corrected chi connectivity index (χ2v) is 5.41. The van der Waals surface area contributed by atoms with Crippen molar-refractivity contribution in [2.45, 2.75) is 36.8 Å².